The van der Waals surface area contributed by atoms with Crippen molar-refractivity contribution in [1.29, 1.82) is 0 Å². The number of ether oxygens (including phenoxy) is 2. The summed E-state index contributed by atoms with van der Waals surface area (Å²) in [5, 5.41) is 2.84. The van der Waals surface area contributed by atoms with Gasteiger partial charge in [0.2, 0.25) is 17.4 Å². The van der Waals surface area contributed by atoms with Gasteiger partial charge < -0.3 is 25.4 Å². The Bertz CT molecular complexity index is 1340. The third-order valence-electron chi connectivity index (χ3n) is 8.71. The zero-order chi connectivity index (χ0) is 28.0. The molecule has 4 amide bonds. The first-order valence-corrected chi connectivity index (χ1v) is 13.9. The van der Waals surface area contributed by atoms with Crippen molar-refractivity contribution in [2.75, 3.05) is 25.1 Å². The number of amides is 4. The third kappa shape index (κ3) is 4.75. The number of nitrogens with two attached hydrogens (primary N) is 1. The predicted octanol–water partition coefficient (Wildman–Crippen LogP) is 2.55. The molecule has 4 aliphatic rings. The zero-order valence-electron chi connectivity index (χ0n) is 22.5. The Balaban J connectivity index is 1.17. The second-order valence-electron chi connectivity index (χ2n) is 11.4. The molecule has 1 spiro atoms. The van der Waals surface area contributed by atoms with Crippen molar-refractivity contribution >= 4 is 29.5 Å². The molecule has 2 aliphatic carbocycles. The van der Waals surface area contributed by atoms with Crippen LogP contribution in [0.1, 0.15) is 42.9 Å². The third-order valence-corrected chi connectivity index (χ3v) is 8.71. The highest BCUT2D eigenvalue weighted by molar-refractivity contribution is 6.06. The van der Waals surface area contributed by atoms with Gasteiger partial charge in [0.15, 0.2) is 0 Å². The van der Waals surface area contributed by atoms with Gasteiger partial charge in [0.1, 0.15) is 6.54 Å². The summed E-state index contributed by atoms with van der Waals surface area (Å²) in [6, 6.07) is 14.2. The van der Waals surface area contributed by atoms with Crippen LogP contribution in [-0.4, -0.2) is 65.5 Å². The summed E-state index contributed by atoms with van der Waals surface area (Å²) in [6.45, 7) is 3.01. The minimum atomic E-state index is -1.46. The molecule has 0 radical (unpaired) electrons. The van der Waals surface area contributed by atoms with Crippen LogP contribution in [0.5, 0.6) is 0 Å². The number of nitrogens with one attached hydrogen (secondary N) is 1. The lowest BCUT2D eigenvalue weighted by Crippen LogP contribution is -2.50. The molecular formula is C30H34N4O6. The molecule has 10 nitrogen and oxygen atoms in total. The molecule has 1 saturated carbocycles. The van der Waals surface area contributed by atoms with Crippen molar-refractivity contribution in [2.24, 2.45) is 17.6 Å². The van der Waals surface area contributed by atoms with Gasteiger partial charge in [0.25, 0.3) is 5.91 Å². The summed E-state index contributed by atoms with van der Waals surface area (Å²) in [5.74, 6) is -0.678. The fourth-order valence-electron chi connectivity index (χ4n) is 5.93. The van der Waals surface area contributed by atoms with Crippen LogP contribution in [0.4, 0.5) is 10.5 Å². The molecule has 3 fully saturated rings. The number of carbonyl (C=O) groups is 4. The van der Waals surface area contributed by atoms with Gasteiger partial charge in [-0.05, 0) is 55.4 Å². The summed E-state index contributed by atoms with van der Waals surface area (Å²) < 4.78 is 10.9. The molecule has 10 heteroatoms. The van der Waals surface area contributed by atoms with Crippen molar-refractivity contribution in [3.05, 3.63) is 65.2 Å². The molecule has 2 aromatic rings. The first-order valence-electron chi connectivity index (χ1n) is 13.9. The van der Waals surface area contributed by atoms with E-state index in [2.05, 4.69) is 5.32 Å². The molecule has 2 aromatic carbocycles. The zero-order valence-corrected chi connectivity index (χ0v) is 22.5. The molecule has 0 bridgehead atoms. The Morgan fingerprint density at radius 2 is 1.88 bits per heavy atom. The number of aryl methyl sites for hydroxylation is 1. The Morgan fingerprint density at radius 3 is 2.55 bits per heavy atom. The topological polar surface area (TPSA) is 131 Å². The number of benzene rings is 2. The van der Waals surface area contributed by atoms with Crippen molar-refractivity contribution < 1.29 is 28.7 Å². The highest BCUT2D eigenvalue weighted by atomic mass is 16.6. The molecule has 2 heterocycles. The maximum Gasteiger partial charge on any atom is 0.418 e. The number of hydrogen-bond acceptors (Lipinski definition) is 7. The van der Waals surface area contributed by atoms with E-state index in [0.717, 1.165) is 28.9 Å². The van der Waals surface area contributed by atoms with Gasteiger partial charge in [-0.3, -0.25) is 14.4 Å². The fourth-order valence-corrected chi connectivity index (χ4v) is 5.93. The van der Waals surface area contributed by atoms with Crippen molar-refractivity contribution in [2.45, 2.75) is 56.8 Å². The Hall–Kier alpha value is -3.76. The minimum absolute atomic E-state index is 0.00108. The normalized spacial score (nSPS) is 23.4. The van der Waals surface area contributed by atoms with E-state index in [9.17, 15) is 19.2 Å². The first kappa shape index (κ1) is 26.5. The van der Waals surface area contributed by atoms with E-state index in [0.29, 0.717) is 43.3 Å². The lowest BCUT2D eigenvalue weighted by Gasteiger charge is -2.30. The lowest BCUT2D eigenvalue weighted by atomic mass is 9.94. The molecule has 3 unspecified atom stereocenters. The van der Waals surface area contributed by atoms with Crippen LogP contribution in [0.3, 0.4) is 0 Å². The number of rotatable bonds is 9. The summed E-state index contributed by atoms with van der Waals surface area (Å²) in [6.07, 6.45) is 2.08. The van der Waals surface area contributed by atoms with Crippen LogP contribution in [0, 0.1) is 11.8 Å². The number of nitrogens with zero attached hydrogens (tertiary/aromatic N) is 2. The van der Waals surface area contributed by atoms with E-state index in [1.807, 2.05) is 37.3 Å². The van der Waals surface area contributed by atoms with E-state index >= 15 is 0 Å². The Kier molecular flexibility index (Phi) is 6.83. The number of fused-ring (bicyclic) bond motifs is 2. The minimum Gasteiger partial charge on any atom is -0.427 e. The van der Waals surface area contributed by atoms with Gasteiger partial charge in [-0.15, -0.1) is 0 Å². The number of carbonyl (C=O) groups excluding carboxylic acids is 4. The highest BCUT2D eigenvalue weighted by Gasteiger charge is 2.58. The van der Waals surface area contributed by atoms with E-state index in [4.69, 9.17) is 15.2 Å². The van der Waals surface area contributed by atoms with Gasteiger partial charge in [-0.25, -0.2) is 9.69 Å². The van der Waals surface area contributed by atoms with Crippen molar-refractivity contribution in [3.8, 4) is 0 Å². The van der Waals surface area contributed by atoms with E-state index < -0.39 is 23.6 Å². The monoisotopic (exact) mass is 546 g/mol. The smallest absolute Gasteiger partial charge is 0.418 e. The molecule has 0 aromatic heterocycles. The quantitative estimate of drug-likeness (QED) is 0.494. The Morgan fingerprint density at radius 1 is 1.12 bits per heavy atom. The van der Waals surface area contributed by atoms with E-state index in [1.54, 1.807) is 23.1 Å². The van der Waals surface area contributed by atoms with Crippen LogP contribution in [-0.2, 0) is 42.4 Å². The van der Waals surface area contributed by atoms with Gasteiger partial charge in [-0.2, -0.15) is 0 Å². The van der Waals surface area contributed by atoms with Gasteiger partial charge in [0, 0.05) is 36.2 Å². The maximum absolute atomic E-state index is 13.7. The first-order chi connectivity index (χ1) is 19.3. The molecule has 40 heavy (non-hydrogen) atoms. The molecule has 3 N–H and O–H groups in total. The lowest BCUT2D eigenvalue weighted by molar-refractivity contribution is -0.143. The van der Waals surface area contributed by atoms with Crippen molar-refractivity contribution in [1.82, 2.24) is 9.80 Å². The van der Waals surface area contributed by atoms with E-state index in [-0.39, 0.29) is 36.7 Å². The maximum atomic E-state index is 13.7. The van der Waals surface area contributed by atoms with E-state index in [1.165, 1.54) is 0 Å². The predicted molar refractivity (Wildman–Crippen MR) is 145 cm³/mol. The number of hydrogen-bond donors (Lipinski definition) is 2. The molecule has 210 valence electrons. The summed E-state index contributed by atoms with van der Waals surface area (Å²) in [5.41, 5.74) is 7.52. The Labute approximate surface area is 232 Å². The second-order valence-corrected chi connectivity index (χ2v) is 11.4. The van der Waals surface area contributed by atoms with Crippen LogP contribution in [0.15, 0.2) is 48.5 Å². The second kappa shape index (κ2) is 10.3. The van der Waals surface area contributed by atoms with Crippen LogP contribution in [0.2, 0.25) is 0 Å². The van der Waals surface area contributed by atoms with Gasteiger partial charge in [-0.1, -0.05) is 36.4 Å². The highest BCUT2D eigenvalue weighted by Crippen LogP contribution is 2.46. The molecule has 2 saturated heterocycles. The van der Waals surface area contributed by atoms with Crippen LogP contribution < -0.4 is 11.1 Å². The summed E-state index contributed by atoms with van der Waals surface area (Å²) in [7, 11) is 0. The standard InChI is InChI=1S/C30H34N4O6/c1-18(20-7-8-20)33(14-19-5-3-2-4-6-19)25(35)15-34-28(37)30(40-29(34)38)12-11-21-13-23(9-10-24(21)30)32-27(36)26(31)22-16-39-17-22/h2-6,9-10,13,18,20,22,26H,7-8,11-12,14-17,31H2,1H3,(H,32,36). The number of anilines is 1. The van der Waals surface area contributed by atoms with Crippen LogP contribution >= 0.6 is 0 Å². The fraction of sp³-hybridized carbons (Fsp3) is 0.467. The average molecular weight is 547 g/mol. The largest absolute Gasteiger partial charge is 0.427 e. The van der Waals surface area contributed by atoms with Gasteiger partial charge in [0.05, 0.1) is 19.3 Å². The SMILES string of the molecule is CC(C1CC1)N(Cc1ccccc1)C(=O)CN1C(=O)OC2(CCc3cc(NC(=O)C(N)C4COC4)ccc32)C1=O. The van der Waals surface area contributed by atoms with Crippen LogP contribution in [0.25, 0.3) is 0 Å². The van der Waals surface area contributed by atoms with Gasteiger partial charge >= 0.3 is 6.09 Å². The molecular weight excluding hydrogens is 512 g/mol. The number of imide groups is 1. The molecule has 2 aliphatic heterocycles. The molecule has 3 atom stereocenters. The summed E-state index contributed by atoms with van der Waals surface area (Å²) >= 11 is 0. The average Bonchev–Trinajstić information content (AvgIpc) is 3.67. The molecule has 6 rings (SSSR count). The summed E-state index contributed by atoms with van der Waals surface area (Å²) in [4.78, 5) is 55.5. The van der Waals surface area contributed by atoms with Crippen molar-refractivity contribution in [3.63, 3.8) is 0 Å².